The average Bonchev–Trinajstić information content (AvgIpc) is 3.04. The maximum atomic E-state index is 12.2. The number of nitrogens with zero attached hydrogens (tertiary/aromatic N) is 1. The molecule has 1 saturated heterocycles. The van der Waals surface area contributed by atoms with Crippen molar-refractivity contribution in [1.29, 1.82) is 0 Å². The van der Waals surface area contributed by atoms with Crippen LogP contribution in [0.25, 0.3) is 0 Å². The molecule has 2 rings (SSSR count). The third kappa shape index (κ3) is 5.06. The van der Waals surface area contributed by atoms with E-state index in [1.807, 2.05) is 11.9 Å². The maximum absolute atomic E-state index is 12.2. The van der Waals surface area contributed by atoms with Gasteiger partial charge in [-0.2, -0.15) is 0 Å². The average molecular weight is 318 g/mol. The van der Waals surface area contributed by atoms with Gasteiger partial charge in [0.2, 0.25) is 5.91 Å². The Balaban J connectivity index is 1.71. The van der Waals surface area contributed by atoms with Crippen LogP contribution in [0.5, 0.6) is 5.75 Å². The van der Waals surface area contributed by atoms with Crippen molar-refractivity contribution in [2.24, 2.45) is 5.92 Å². The minimum atomic E-state index is 0.0786. The van der Waals surface area contributed by atoms with Crippen molar-refractivity contribution in [3.05, 3.63) is 29.8 Å². The van der Waals surface area contributed by atoms with Crippen LogP contribution in [0, 0.1) is 5.92 Å². The van der Waals surface area contributed by atoms with Crippen LogP contribution in [0.2, 0.25) is 0 Å². The number of likely N-dealkylation sites (tertiary alicyclic amines) is 1. The molecule has 1 N–H and O–H groups in total. The molecule has 1 unspecified atom stereocenters. The number of rotatable bonds is 8. The molecule has 1 amide bonds. The van der Waals surface area contributed by atoms with E-state index in [4.69, 9.17) is 4.74 Å². The van der Waals surface area contributed by atoms with E-state index in [1.165, 1.54) is 0 Å². The molecule has 0 aliphatic carbocycles. The fraction of sp³-hybridized carbons (Fsp3) is 0.556. The van der Waals surface area contributed by atoms with Gasteiger partial charge >= 0.3 is 0 Å². The van der Waals surface area contributed by atoms with E-state index in [0.29, 0.717) is 30.7 Å². The lowest BCUT2D eigenvalue weighted by Crippen LogP contribution is -2.30. The zero-order valence-corrected chi connectivity index (χ0v) is 14.0. The molecule has 0 bridgehead atoms. The summed E-state index contributed by atoms with van der Waals surface area (Å²) in [7, 11) is 3.54. The predicted octanol–water partition coefficient (Wildman–Crippen LogP) is 2.12. The van der Waals surface area contributed by atoms with E-state index in [9.17, 15) is 9.59 Å². The summed E-state index contributed by atoms with van der Waals surface area (Å²) in [6, 6.07) is 7.10. The van der Waals surface area contributed by atoms with Gasteiger partial charge in [0.25, 0.3) is 0 Å². The summed E-state index contributed by atoms with van der Waals surface area (Å²) in [5, 5.41) is 3.16. The van der Waals surface area contributed by atoms with E-state index < -0.39 is 0 Å². The van der Waals surface area contributed by atoms with Crippen molar-refractivity contribution in [2.45, 2.75) is 25.7 Å². The molecule has 0 saturated carbocycles. The van der Waals surface area contributed by atoms with Crippen LogP contribution >= 0.6 is 0 Å². The molecule has 0 spiro atoms. The van der Waals surface area contributed by atoms with Gasteiger partial charge in [-0.25, -0.2) is 0 Å². The third-order valence-corrected chi connectivity index (χ3v) is 4.34. The number of ketones is 1. The molecular weight excluding hydrogens is 292 g/mol. The van der Waals surface area contributed by atoms with Crippen LogP contribution in [-0.4, -0.2) is 50.4 Å². The molecule has 5 nitrogen and oxygen atoms in total. The molecule has 0 radical (unpaired) electrons. The molecule has 1 heterocycles. The van der Waals surface area contributed by atoms with Crippen molar-refractivity contribution in [2.75, 3.05) is 33.8 Å². The first-order chi connectivity index (χ1) is 11.1. The van der Waals surface area contributed by atoms with Gasteiger partial charge in [0.1, 0.15) is 5.75 Å². The van der Waals surface area contributed by atoms with E-state index in [2.05, 4.69) is 5.32 Å². The zero-order valence-electron chi connectivity index (χ0n) is 14.0. The van der Waals surface area contributed by atoms with Crippen LogP contribution in [0.3, 0.4) is 0 Å². The summed E-state index contributed by atoms with van der Waals surface area (Å²) >= 11 is 0. The van der Waals surface area contributed by atoms with Gasteiger partial charge in [0, 0.05) is 31.5 Å². The van der Waals surface area contributed by atoms with Gasteiger partial charge in [0.15, 0.2) is 5.78 Å². The first-order valence-electron chi connectivity index (χ1n) is 8.23. The number of methoxy groups -OCH3 is 1. The van der Waals surface area contributed by atoms with E-state index in [1.54, 1.807) is 31.4 Å². The lowest BCUT2D eigenvalue weighted by molar-refractivity contribution is -0.130. The van der Waals surface area contributed by atoms with Crippen molar-refractivity contribution in [3.8, 4) is 5.75 Å². The SMILES string of the molecule is CNCC1CCN(C(=O)CCCC(=O)c2ccc(OC)cc2)C1. The van der Waals surface area contributed by atoms with Gasteiger partial charge in [0.05, 0.1) is 7.11 Å². The Morgan fingerprint density at radius 3 is 2.65 bits per heavy atom. The molecule has 1 atom stereocenters. The quantitative estimate of drug-likeness (QED) is 0.746. The number of ether oxygens (including phenoxy) is 1. The maximum Gasteiger partial charge on any atom is 0.222 e. The standard InChI is InChI=1S/C18H26N2O3/c1-19-12-14-10-11-20(13-14)18(22)5-3-4-17(21)15-6-8-16(23-2)9-7-15/h6-9,14,19H,3-5,10-13H2,1-2H3. The van der Waals surface area contributed by atoms with Crippen LogP contribution in [0.1, 0.15) is 36.0 Å². The number of amides is 1. The van der Waals surface area contributed by atoms with Crippen molar-refractivity contribution in [3.63, 3.8) is 0 Å². The van der Waals surface area contributed by atoms with Crippen LogP contribution < -0.4 is 10.1 Å². The third-order valence-electron chi connectivity index (χ3n) is 4.34. The highest BCUT2D eigenvalue weighted by Gasteiger charge is 2.25. The number of Topliss-reactive ketones (excluding diaryl/α,β-unsaturated/α-hetero) is 1. The summed E-state index contributed by atoms with van der Waals surface area (Å²) in [5.74, 6) is 1.55. The highest BCUT2D eigenvalue weighted by Crippen LogP contribution is 2.18. The molecule has 1 aromatic carbocycles. The number of nitrogens with one attached hydrogen (secondary N) is 1. The molecular formula is C18H26N2O3. The molecule has 1 fully saturated rings. The molecule has 0 aromatic heterocycles. The lowest BCUT2D eigenvalue weighted by atomic mass is 10.1. The van der Waals surface area contributed by atoms with E-state index in [-0.39, 0.29) is 11.7 Å². The highest BCUT2D eigenvalue weighted by atomic mass is 16.5. The Bertz CT molecular complexity index is 528. The van der Waals surface area contributed by atoms with Crippen molar-refractivity contribution < 1.29 is 14.3 Å². The number of carbonyl (C=O) groups is 2. The number of benzene rings is 1. The second-order valence-corrected chi connectivity index (χ2v) is 6.06. The van der Waals surface area contributed by atoms with Gasteiger partial charge in [-0.15, -0.1) is 0 Å². The first kappa shape index (κ1) is 17.5. The minimum absolute atomic E-state index is 0.0786. The van der Waals surface area contributed by atoms with Crippen LogP contribution in [-0.2, 0) is 4.79 Å². The molecule has 23 heavy (non-hydrogen) atoms. The van der Waals surface area contributed by atoms with E-state index in [0.717, 1.165) is 31.8 Å². The van der Waals surface area contributed by atoms with Gasteiger partial charge < -0.3 is 15.0 Å². The Kier molecular flexibility index (Phi) is 6.59. The fourth-order valence-corrected chi connectivity index (χ4v) is 2.99. The van der Waals surface area contributed by atoms with E-state index >= 15 is 0 Å². The first-order valence-corrected chi connectivity index (χ1v) is 8.23. The smallest absolute Gasteiger partial charge is 0.222 e. The normalized spacial score (nSPS) is 17.3. The molecule has 126 valence electrons. The molecule has 5 heteroatoms. The topological polar surface area (TPSA) is 58.6 Å². The van der Waals surface area contributed by atoms with Gasteiger partial charge in [-0.05, 0) is 56.6 Å². The summed E-state index contributed by atoms with van der Waals surface area (Å²) < 4.78 is 5.08. The lowest BCUT2D eigenvalue weighted by Gasteiger charge is -2.16. The number of carbonyl (C=O) groups excluding carboxylic acids is 2. The van der Waals surface area contributed by atoms with Crippen LogP contribution in [0.15, 0.2) is 24.3 Å². The second kappa shape index (κ2) is 8.67. The number of hydrogen-bond donors (Lipinski definition) is 1. The monoisotopic (exact) mass is 318 g/mol. The summed E-state index contributed by atoms with van der Waals surface area (Å²) in [6.07, 6.45) is 2.54. The summed E-state index contributed by atoms with van der Waals surface area (Å²) in [5.41, 5.74) is 0.675. The van der Waals surface area contributed by atoms with Gasteiger partial charge in [-0.1, -0.05) is 0 Å². The Morgan fingerprint density at radius 1 is 1.26 bits per heavy atom. The van der Waals surface area contributed by atoms with Crippen LogP contribution in [0.4, 0.5) is 0 Å². The Morgan fingerprint density at radius 2 is 2.00 bits per heavy atom. The second-order valence-electron chi connectivity index (χ2n) is 6.06. The molecule has 1 aliphatic heterocycles. The largest absolute Gasteiger partial charge is 0.497 e. The summed E-state index contributed by atoms with van der Waals surface area (Å²) in [4.78, 5) is 26.2. The molecule has 1 aliphatic rings. The highest BCUT2D eigenvalue weighted by molar-refractivity contribution is 5.96. The fourth-order valence-electron chi connectivity index (χ4n) is 2.99. The minimum Gasteiger partial charge on any atom is -0.497 e. The summed E-state index contributed by atoms with van der Waals surface area (Å²) in [6.45, 7) is 2.64. The zero-order chi connectivity index (χ0) is 16.7. The Hall–Kier alpha value is -1.88. The van der Waals surface area contributed by atoms with Crippen molar-refractivity contribution in [1.82, 2.24) is 10.2 Å². The van der Waals surface area contributed by atoms with Crippen molar-refractivity contribution >= 4 is 11.7 Å². The predicted molar refractivity (Wildman–Crippen MR) is 89.8 cm³/mol. The Labute approximate surface area is 138 Å². The van der Waals surface area contributed by atoms with Gasteiger partial charge in [-0.3, -0.25) is 9.59 Å². The number of hydrogen-bond acceptors (Lipinski definition) is 4. The molecule has 1 aromatic rings.